The molecular formula is C13H18Cl2N2O. The first kappa shape index (κ1) is 14.1. The van der Waals surface area contributed by atoms with E-state index in [0.717, 1.165) is 31.8 Å². The van der Waals surface area contributed by atoms with Gasteiger partial charge in [0.05, 0.1) is 22.8 Å². The maximum absolute atomic E-state index is 6.02. The Morgan fingerprint density at radius 2 is 2.22 bits per heavy atom. The van der Waals surface area contributed by atoms with Crippen LogP contribution in [0.25, 0.3) is 0 Å². The lowest BCUT2D eigenvalue weighted by Crippen LogP contribution is -2.49. The third-order valence-corrected chi connectivity index (χ3v) is 3.89. The molecule has 1 fully saturated rings. The van der Waals surface area contributed by atoms with Crippen LogP contribution < -0.4 is 5.73 Å². The lowest BCUT2D eigenvalue weighted by atomic mass is 10.1. The zero-order valence-electron chi connectivity index (χ0n) is 10.4. The summed E-state index contributed by atoms with van der Waals surface area (Å²) in [7, 11) is 0. The van der Waals surface area contributed by atoms with Crippen LogP contribution in [0.1, 0.15) is 12.5 Å². The first-order valence-corrected chi connectivity index (χ1v) is 6.85. The molecule has 1 aliphatic heterocycles. The van der Waals surface area contributed by atoms with Crippen molar-refractivity contribution in [1.29, 1.82) is 0 Å². The van der Waals surface area contributed by atoms with Gasteiger partial charge >= 0.3 is 0 Å². The molecule has 1 aromatic rings. The second-order valence-electron chi connectivity index (χ2n) is 4.75. The second kappa shape index (κ2) is 6.22. The summed E-state index contributed by atoms with van der Waals surface area (Å²) >= 11 is 11.9. The van der Waals surface area contributed by atoms with Crippen molar-refractivity contribution in [1.82, 2.24) is 4.90 Å². The van der Waals surface area contributed by atoms with Crippen molar-refractivity contribution in [3.63, 3.8) is 0 Å². The van der Waals surface area contributed by atoms with Crippen molar-refractivity contribution in [2.75, 3.05) is 19.7 Å². The van der Waals surface area contributed by atoms with Crippen LogP contribution in [0, 0.1) is 0 Å². The molecule has 100 valence electrons. The van der Waals surface area contributed by atoms with Gasteiger partial charge in [0.2, 0.25) is 0 Å². The second-order valence-corrected chi connectivity index (χ2v) is 5.57. The summed E-state index contributed by atoms with van der Waals surface area (Å²) in [4.78, 5) is 2.33. The highest BCUT2D eigenvalue weighted by Crippen LogP contribution is 2.23. The fourth-order valence-electron chi connectivity index (χ4n) is 2.09. The van der Waals surface area contributed by atoms with Crippen molar-refractivity contribution in [3.05, 3.63) is 33.8 Å². The molecule has 2 N–H and O–H groups in total. The zero-order chi connectivity index (χ0) is 13.1. The normalized spacial score (nSPS) is 23.0. The van der Waals surface area contributed by atoms with Crippen LogP contribution >= 0.6 is 23.2 Å². The Hall–Kier alpha value is -0.320. The highest BCUT2D eigenvalue weighted by Gasteiger charge is 2.23. The van der Waals surface area contributed by atoms with E-state index >= 15 is 0 Å². The molecule has 1 aromatic carbocycles. The fraction of sp³-hybridized carbons (Fsp3) is 0.538. The number of benzene rings is 1. The molecule has 0 amide bonds. The number of rotatable bonds is 3. The molecular weight excluding hydrogens is 271 g/mol. The van der Waals surface area contributed by atoms with Crippen LogP contribution in [0.4, 0.5) is 0 Å². The Morgan fingerprint density at radius 1 is 1.44 bits per heavy atom. The molecule has 2 rings (SSSR count). The van der Waals surface area contributed by atoms with Gasteiger partial charge in [-0.25, -0.2) is 0 Å². The molecule has 0 bridgehead atoms. The Balaban J connectivity index is 1.98. The van der Waals surface area contributed by atoms with Gasteiger partial charge in [0.1, 0.15) is 0 Å². The molecule has 18 heavy (non-hydrogen) atoms. The van der Waals surface area contributed by atoms with E-state index in [-0.39, 0.29) is 12.1 Å². The summed E-state index contributed by atoms with van der Waals surface area (Å²) in [5.74, 6) is 0. The number of morpholine rings is 1. The third-order valence-electron chi connectivity index (χ3n) is 3.15. The molecule has 2 atom stereocenters. The predicted molar refractivity (Wildman–Crippen MR) is 75.1 cm³/mol. The van der Waals surface area contributed by atoms with Gasteiger partial charge in [0, 0.05) is 25.7 Å². The SMILES string of the molecule is CC(N)C1CN(Cc2ccc(Cl)c(Cl)c2)CCO1. The minimum atomic E-state index is 0.0570. The highest BCUT2D eigenvalue weighted by molar-refractivity contribution is 6.42. The Morgan fingerprint density at radius 3 is 2.89 bits per heavy atom. The molecule has 0 radical (unpaired) electrons. The van der Waals surface area contributed by atoms with E-state index in [1.807, 2.05) is 25.1 Å². The molecule has 3 nitrogen and oxygen atoms in total. The van der Waals surface area contributed by atoms with Gasteiger partial charge in [-0.05, 0) is 24.6 Å². The molecule has 2 unspecified atom stereocenters. The van der Waals surface area contributed by atoms with E-state index < -0.39 is 0 Å². The van der Waals surface area contributed by atoms with E-state index in [2.05, 4.69) is 4.90 Å². The molecule has 0 aliphatic carbocycles. The van der Waals surface area contributed by atoms with Crippen molar-refractivity contribution in [2.45, 2.75) is 25.6 Å². The largest absolute Gasteiger partial charge is 0.374 e. The van der Waals surface area contributed by atoms with Gasteiger partial charge < -0.3 is 10.5 Å². The molecule has 0 spiro atoms. The minimum Gasteiger partial charge on any atom is -0.374 e. The van der Waals surface area contributed by atoms with Crippen LogP contribution in [0.2, 0.25) is 10.0 Å². The smallest absolute Gasteiger partial charge is 0.0850 e. The van der Waals surface area contributed by atoms with E-state index in [1.165, 1.54) is 0 Å². The van der Waals surface area contributed by atoms with Gasteiger partial charge in [-0.3, -0.25) is 4.90 Å². The molecule has 1 heterocycles. The third kappa shape index (κ3) is 3.59. The summed E-state index contributed by atoms with van der Waals surface area (Å²) in [6, 6.07) is 5.81. The van der Waals surface area contributed by atoms with E-state index in [4.69, 9.17) is 33.7 Å². The molecule has 0 aromatic heterocycles. The van der Waals surface area contributed by atoms with Crippen LogP contribution in [-0.4, -0.2) is 36.7 Å². The Labute approximate surface area is 118 Å². The van der Waals surface area contributed by atoms with Gasteiger partial charge in [-0.15, -0.1) is 0 Å². The topological polar surface area (TPSA) is 38.5 Å². The highest BCUT2D eigenvalue weighted by atomic mass is 35.5. The van der Waals surface area contributed by atoms with Crippen molar-refractivity contribution in [2.24, 2.45) is 5.73 Å². The maximum atomic E-state index is 6.02. The van der Waals surface area contributed by atoms with Gasteiger partial charge in [0.15, 0.2) is 0 Å². The standard InChI is InChI=1S/C13H18Cl2N2O/c1-9(16)13-8-17(4-5-18-13)7-10-2-3-11(14)12(15)6-10/h2-3,6,9,13H,4-5,7-8,16H2,1H3. The molecule has 1 aliphatic rings. The number of ether oxygens (including phenoxy) is 1. The number of hydrogen-bond donors (Lipinski definition) is 1. The van der Waals surface area contributed by atoms with E-state index in [0.29, 0.717) is 10.0 Å². The van der Waals surface area contributed by atoms with Crippen molar-refractivity contribution >= 4 is 23.2 Å². The number of halogens is 2. The van der Waals surface area contributed by atoms with Crippen LogP contribution in [-0.2, 0) is 11.3 Å². The first-order chi connectivity index (χ1) is 8.56. The molecule has 5 heteroatoms. The molecule has 1 saturated heterocycles. The summed E-state index contributed by atoms with van der Waals surface area (Å²) in [5.41, 5.74) is 7.04. The van der Waals surface area contributed by atoms with E-state index in [9.17, 15) is 0 Å². The van der Waals surface area contributed by atoms with Crippen LogP contribution in [0.3, 0.4) is 0 Å². The van der Waals surface area contributed by atoms with Crippen molar-refractivity contribution < 1.29 is 4.74 Å². The van der Waals surface area contributed by atoms with Crippen LogP contribution in [0.15, 0.2) is 18.2 Å². The first-order valence-electron chi connectivity index (χ1n) is 6.09. The Bertz CT molecular complexity index is 412. The van der Waals surface area contributed by atoms with Crippen molar-refractivity contribution in [3.8, 4) is 0 Å². The van der Waals surface area contributed by atoms with Gasteiger partial charge in [0.25, 0.3) is 0 Å². The lowest BCUT2D eigenvalue weighted by molar-refractivity contribution is -0.0403. The predicted octanol–water partition coefficient (Wildman–Crippen LogP) is 2.54. The average molecular weight is 289 g/mol. The lowest BCUT2D eigenvalue weighted by Gasteiger charge is -2.34. The van der Waals surface area contributed by atoms with Gasteiger partial charge in [-0.2, -0.15) is 0 Å². The van der Waals surface area contributed by atoms with E-state index in [1.54, 1.807) is 0 Å². The average Bonchev–Trinajstić information content (AvgIpc) is 2.34. The summed E-state index contributed by atoms with van der Waals surface area (Å²) < 4.78 is 5.64. The maximum Gasteiger partial charge on any atom is 0.0850 e. The quantitative estimate of drug-likeness (QED) is 0.929. The number of nitrogens with two attached hydrogens (primary N) is 1. The van der Waals surface area contributed by atoms with Gasteiger partial charge in [-0.1, -0.05) is 29.3 Å². The van der Waals surface area contributed by atoms with Crippen LogP contribution in [0.5, 0.6) is 0 Å². The minimum absolute atomic E-state index is 0.0570. The summed E-state index contributed by atoms with van der Waals surface area (Å²) in [6.07, 6.45) is 0.113. The Kier molecular flexibility index (Phi) is 4.87. The summed E-state index contributed by atoms with van der Waals surface area (Å²) in [5, 5.41) is 1.20. The monoisotopic (exact) mass is 288 g/mol. The zero-order valence-corrected chi connectivity index (χ0v) is 11.9. The summed E-state index contributed by atoms with van der Waals surface area (Å²) in [6.45, 7) is 5.34. The number of nitrogens with zero attached hydrogens (tertiary/aromatic N) is 1. The molecule has 0 saturated carbocycles. The fourth-order valence-corrected chi connectivity index (χ4v) is 2.41. The number of hydrogen-bond acceptors (Lipinski definition) is 3.